The monoisotopic (exact) mass is 305 g/mol. The Bertz CT molecular complexity index is 634. The molecule has 7 heteroatoms. The Labute approximate surface area is 130 Å². The number of aryl methyl sites for hydroxylation is 1. The van der Waals surface area contributed by atoms with Crippen LogP contribution in [0.15, 0.2) is 12.5 Å². The van der Waals surface area contributed by atoms with E-state index in [4.69, 9.17) is 9.47 Å². The highest BCUT2D eigenvalue weighted by Crippen LogP contribution is 2.32. The number of fused-ring (bicyclic) bond motifs is 1. The van der Waals surface area contributed by atoms with Crippen molar-refractivity contribution in [3.63, 3.8) is 0 Å². The van der Waals surface area contributed by atoms with E-state index in [1.165, 1.54) is 0 Å². The van der Waals surface area contributed by atoms with Crippen LogP contribution in [-0.4, -0.2) is 45.8 Å². The van der Waals surface area contributed by atoms with E-state index < -0.39 is 0 Å². The first-order valence-corrected chi connectivity index (χ1v) is 7.68. The normalized spacial score (nSPS) is 16.5. The molecule has 1 saturated heterocycles. The fourth-order valence-corrected chi connectivity index (χ4v) is 2.78. The fraction of sp³-hybridized carbons (Fsp3) is 0.667. The van der Waals surface area contributed by atoms with Crippen molar-refractivity contribution in [2.45, 2.75) is 33.0 Å². The molecule has 0 amide bonds. The minimum Gasteiger partial charge on any atom is -0.369 e. The molecule has 120 valence electrons. The van der Waals surface area contributed by atoms with Crippen molar-refractivity contribution in [1.82, 2.24) is 19.7 Å². The zero-order valence-corrected chi connectivity index (χ0v) is 13.4. The van der Waals surface area contributed by atoms with Gasteiger partial charge < -0.3 is 14.8 Å². The van der Waals surface area contributed by atoms with Gasteiger partial charge in [-0.15, -0.1) is 0 Å². The number of ether oxygens (including phenoxy) is 2. The van der Waals surface area contributed by atoms with Crippen molar-refractivity contribution in [2.75, 3.05) is 25.1 Å². The molecule has 1 N–H and O–H groups in total. The molecule has 3 rings (SSSR count). The van der Waals surface area contributed by atoms with Crippen LogP contribution in [0.25, 0.3) is 11.0 Å². The molecule has 2 aromatic heterocycles. The van der Waals surface area contributed by atoms with E-state index in [0.29, 0.717) is 13.2 Å². The Morgan fingerprint density at radius 1 is 1.32 bits per heavy atom. The van der Waals surface area contributed by atoms with Gasteiger partial charge in [-0.1, -0.05) is 13.8 Å². The zero-order valence-electron chi connectivity index (χ0n) is 13.4. The molecule has 0 saturated carbocycles. The lowest BCUT2D eigenvalue weighted by Crippen LogP contribution is -2.30. The second kappa shape index (κ2) is 6.18. The number of nitrogens with one attached hydrogen (secondary N) is 1. The Morgan fingerprint density at radius 3 is 2.86 bits per heavy atom. The third kappa shape index (κ3) is 3.05. The third-order valence-corrected chi connectivity index (χ3v) is 4.08. The maximum absolute atomic E-state index is 5.62. The van der Waals surface area contributed by atoms with E-state index in [1.54, 1.807) is 17.2 Å². The first-order chi connectivity index (χ1) is 10.6. The smallest absolute Gasteiger partial charge is 0.163 e. The molecule has 0 atom stereocenters. The van der Waals surface area contributed by atoms with Gasteiger partial charge in [0.15, 0.2) is 11.9 Å². The van der Waals surface area contributed by atoms with E-state index in [1.807, 2.05) is 7.05 Å². The predicted octanol–water partition coefficient (Wildman–Crippen LogP) is 1.95. The van der Waals surface area contributed by atoms with Gasteiger partial charge in [-0.25, -0.2) is 9.97 Å². The van der Waals surface area contributed by atoms with Crippen LogP contribution in [0.3, 0.4) is 0 Å². The number of anilines is 1. The summed E-state index contributed by atoms with van der Waals surface area (Å²) in [6.07, 6.45) is 5.31. The van der Waals surface area contributed by atoms with Gasteiger partial charge in [0.2, 0.25) is 0 Å². The number of hydrogen-bond donors (Lipinski definition) is 1. The van der Waals surface area contributed by atoms with Crippen molar-refractivity contribution in [2.24, 2.45) is 12.5 Å². The molecule has 1 aliphatic heterocycles. The molecule has 0 bridgehead atoms. The highest BCUT2D eigenvalue weighted by Gasteiger charge is 2.33. The molecule has 0 aromatic carbocycles. The van der Waals surface area contributed by atoms with Crippen LogP contribution >= 0.6 is 0 Å². The van der Waals surface area contributed by atoms with Crippen LogP contribution in [0.4, 0.5) is 5.82 Å². The average Bonchev–Trinajstić information content (AvgIpc) is 3.15. The second-order valence-corrected chi connectivity index (χ2v) is 6.32. The Kier molecular flexibility index (Phi) is 4.26. The summed E-state index contributed by atoms with van der Waals surface area (Å²) >= 11 is 0. The van der Waals surface area contributed by atoms with Crippen LogP contribution in [0.5, 0.6) is 0 Å². The van der Waals surface area contributed by atoms with Crippen LogP contribution in [0, 0.1) is 5.41 Å². The predicted molar refractivity (Wildman–Crippen MR) is 83.5 cm³/mol. The Morgan fingerprint density at radius 2 is 2.09 bits per heavy atom. The molecule has 2 aromatic rings. The van der Waals surface area contributed by atoms with E-state index in [9.17, 15) is 0 Å². The molecule has 3 heterocycles. The molecule has 7 nitrogen and oxygen atoms in total. The Hall–Kier alpha value is -1.73. The van der Waals surface area contributed by atoms with Gasteiger partial charge in [-0.05, 0) is 12.8 Å². The number of nitrogens with zero attached hydrogens (tertiary/aromatic N) is 4. The van der Waals surface area contributed by atoms with Crippen LogP contribution in [-0.2, 0) is 16.5 Å². The zero-order chi connectivity index (χ0) is 15.6. The van der Waals surface area contributed by atoms with Crippen molar-refractivity contribution in [3.05, 3.63) is 12.5 Å². The Balaban J connectivity index is 1.54. The summed E-state index contributed by atoms with van der Waals surface area (Å²) in [5.41, 5.74) is 0.860. The molecular formula is C15H23N5O2. The van der Waals surface area contributed by atoms with Gasteiger partial charge in [0, 0.05) is 19.0 Å². The van der Waals surface area contributed by atoms with Gasteiger partial charge >= 0.3 is 0 Å². The number of hydrogen-bond acceptors (Lipinski definition) is 6. The lowest BCUT2D eigenvalue weighted by atomic mass is 9.87. The van der Waals surface area contributed by atoms with E-state index >= 15 is 0 Å². The average molecular weight is 305 g/mol. The molecular weight excluding hydrogens is 282 g/mol. The molecule has 22 heavy (non-hydrogen) atoms. The third-order valence-electron chi connectivity index (χ3n) is 4.08. The van der Waals surface area contributed by atoms with Crippen molar-refractivity contribution in [1.29, 1.82) is 0 Å². The summed E-state index contributed by atoms with van der Waals surface area (Å²) in [4.78, 5) is 8.54. The van der Waals surface area contributed by atoms with Crippen LogP contribution in [0.1, 0.15) is 26.7 Å². The lowest BCUT2D eigenvalue weighted by molar-refractivity contribution is -0.122. The summed E-state index contributed by atoms with van der Waals surface area (Å²) < 4.78 is 13.0. The molecule has 1 aliphatic rings. The second-order valence-electron chi connectivity index (χ2n) is 6.32. The summed E-state index contributed by atoms with van der Waals surface area (Å²) in [5, 5.41) is 8.55. The van der Waals surface area contributed by atoms with Gasteiger partial charge in [-0.3, -0.25) is 4.68 Å². The van der Waals surface area contributed by atoms with Crippen LogP contribution < -0.4 is 5.32 Å². The summed E-state index contributed by atoms with van der Waals surface area (Å²) in [7, 11) is 1.88. The molecule has 0 spiro atoms. The van der Waals surface area contributed by atoms with Crippen molar-refractivity contribution < 1.29 is 9.47 Å². The molecule has 1 fully saturated rings. The first kappa shape index (κ1) is 15.2. The maximum atomic E-state index is 5.62. The topological polar surface area (TPSA) is 74.1 Å². The van der Waals surface area contributed by atoms with Gasteiger partial charge in [0.1, 0.15) is 12.1 Å². The summed E-state index contributed by atoms with van der Waals surface area (Å²) in [6.45, 7) is 6.62. The minimum absolute atomic E-state index is 0.0213. The number of rotatable bonds is 6. The van der Waals surface area contributed by atoms with E-state index in [2.05, 4.69) is 34.2 Å². The standard InChI is InChI=1S/C15H23N5O2/c1-15(2,14-21-7-8-22-14)5-4-6-16-12-11-9-19-20(3)13(11)18-10-17-12/h9-10,14H,4-8H2,1-3H3,(H,16,17,18). The van der Waals surface area contributed by atoms with Gasteiger partial charge in [0.05, 0.1) is 24.8 Å². The summed E-state index contributed by atoms with van der Waals surface area (Å²) in [5.74, 6) is 0.837. The fourth-order valence-electron chi connectivity index (χ4n) is 2.78. The quantitative estimate of drug-likeness (QED) is 0.822. The largest absolute Gasteiger partial charge is 0.369 e. The minimum atomic E-state index is -0.0865. The highest BCUT2D eigenvalue weighted by atomic mass is 16.7. The highest BCUT2D eigenvalue weighted by molar-refractivity contribution is 5.85. The molecule has 0 aliphatic carbocycles. The molecule has 0 unspecified atom stereocenters. The maximum Gasteiger partial charge on any atom is 0.163 e. The number of aromatic nitrogens is 4. The van der Waals surface area contributed by atoms with Crippen molar-refractivity contribution >= 4 is 16.9 Å². The SMILES string of the molecule is Cn1ncc2c(NCCCC(C)(C)C3OCCO3)ncnc21. The van der Waals surface area contributed by atoms with E-state index in [0.717, 1.165) is 36.2 Å². The summed E-state index contributed by atoms with van der Waals surface area (Å²) in [6, 6.07) is 0. The molecule has 0 radical (unpaired) electrons. The first-order valence-electron chi connectivity index (χ1n) is 7.68. The lowest BCUT2D eigenvalue weighted by Gasteiger charge is -2.29. The van der Waals surface area contributed by atoms with Crippen molar-refractivity contribution in [3.8, 4) is 0 Å². The van der Waals surface area contributed by atoms with E-state index in [-0.39, 0.29) is 11.7 Å². The van der Waals surface area contributed by atoms with Crippen LogP contribution in [0.2, 0.25) is 0 Å². The van der Waals surface area contributed by atoms with Gasteiger partial charge in [-0.2, -0.15) is 5.10 Å². The van der Waals surface area contributed by atoms with Gasteiger partial charge in [0.25, 0.3) is 0 Å².